The van der Waals surface area contributed by atoms with Gasteiger partial charge in [0.05, 0.1) is 8.95 Å². The third-order valence-corrected chi connectivity index (χ3v) is 9.85. The first-order valence-corrected chi connectivity index (χ1v) is 15.7. The predicted octanol–water partition coefficient (Wildman–Crippen LogP) is 9.92. The molecule has 2 unspecified atom stereocenters. The van der Waals surface area contributed by atoms with E-state index in [-0.39, 0.29) is 5.41 Å². The number of halogens is 8. The van der Waals surface area contributed by atoms with Crippen molar-refractivity contribution in [2.45, 2.75) is 29.7 Å². The zero-order valence-electron chi connectivity index (χ0n) is 16.0. The molecule has 0 aromatic heterocycles. The summed E-state index contributed by atoms with van der Waals surface area (Å²) in [5.41, 5.74) is 2.49. The van der Waals surface area contributed by atoms with E-state index in [4.69, 9.17) is 18.9 Å². The second-order valence-electron chi connectivity index (χ2n) is 6.45. The summed E-state index contributed by atoms with van der Waals surface area (Å²) < 4.78 is 25.5. The van der Waals surface area contributed by atoms with Gasteiger partial charge in [-0.15, -0.1) is 0 Å². The molecule has 31 heavy (non-hydrogen) atoms. The zero-order valence-corrected chi connectivity index (χ0v) is 28.7. The van der Waals surface area contributed by atoms with E-state index in [1.165, 1.54) is 0 Å². The Morgan fingerprint density at radius 1 is 0.742 bits per heavy atom. The first-order chi connectivity index (χ1) is 14.5. The van der Waals surface area contributed by atoms with Gasteiger partial charge in [0.1, 0.15) is 16.8 Å². The van der Waals surface area contributed by atoms with E-state index in [0.29, 0.717) is 22.5 Å². The SMILES string of the molecule is CC(C)(c1ccc(OC(Br)OCBr)cc1)c1c(Br)c(Br)c(OC(Br)OCBr)c(Br)c1Br. The molecule has 0 fully saturated rings. The fourth-order valence-corrected chi connectivity index (χ4v) is 7.84. The molecule has 2 atom stereocenters. The number of rotatable bonds is 10. The van der Waals surface area contributed by atoms with Crippen molar-refractivity contribution in [1.29, 1.82) is 0 Å². The van der Waals surface area contributed by atoms with Crippen LogP contribution in [0.5, 0.6) is 11.5 Å². The highest BCUT2D eigenvalue weighted by atomic mass is 79.9. The maximum atomic E-state index is 5.90. The van der Waals surface area contributed by atoms with Gasteiger partial charge in [0, 0.05) is 14.4 Å². The topological polar surface area (TPSA) is 36.9 Å². The van der Waals surface area contributed by atoms with Crippen molar-refractivity contribution in [1.82, 2.24) is 0 Å². The highest BCUT2D eigenvalue weighted by Gasteiger charge is 2.33. The van der Waals surface area contributed by atoms with Gasteiger partial charge in [-0.2, -0.15) is 0 Å². The van der Waals surface area contributed by atoms with Crippen LogP contribution in [0.1, 0.15) is 25.0 Å². The Morgan fingerprint density at radius 3 is 1.65 bits per heavy atom. The summed E-state index contributed by atoms with van der Waals surface area (Å²) in [4.78, 5) is 0. The molecule has 2 rings (SSSR count). The van der Waals surface area contributed by atoms with E-state index < -0.39 is 10.4 Å². The van der Waals surface area contributed by atoms with Crippen LogP contribution >= 0.6 is 127 Å². The summed E-state index contributed by atoms with van der Waals surface area (Å²) in [5, 5.41) is -1.14. The van der Waals surface area contributed by atoms with Gasteiger partial charge in [0.25, 0.3) is 10.4 Å². The average molecular weight is 948 g/mol. The van der Waals surface area contributed by atoms with E-state index in [0.717, 1.165) is 29.0 Å². The molecule has 0 bridgehead atoms. The quantitative estimate of drug-likeness (QED) is 0.135. The highest BCUT2D eigenvalue weighted by Crippen LogP contribution is 2.52. The summed E-state index contributed by atoms with van der Waals surface area (Å²) in [6.07, 6.45) is 0. The average Bonchev–Trinajstić information content (AvgIpc) is 2.70. The molecule has 2 aromatic carbocycles. The Hall–Kier alpha value is 1.80. The maximum absolute atomic E-state index is 5.90. The molecule has 0 radical (unpaired) electrons. The third-order valence-electron chi connectivity index (χ3n) is 4.25. The van der Waals surface area contributed by atoms with Crippen LogP contribution in [0.3, 0.4) is 0 Å². The first kappa shape index (κ1) is 29.0. The zero-order chi connectivity index (χ0) is 23.3. The van der Waals surface area contributed by atoms with Crippen LogP contribution in [0.15, 0.2) is 42.2 Å². The van der Waals surface area contributed by atoms with Gasteiger partial charge in [-0.05, 0) is 119 Å². The Kier molecular flexibility index (Phi) is 12.4. The smallest absolute Gasteiger partial charge is 0.258 e. The minimum absolute atomic E-state index is 0.337. The van der Waals surface area contributed by atoms with Crippen molar-refractivity contribution in [2.75, 3.05) is 11.0 Å². The lowest BCUT2D eigenvalue weighted by molar-refractivity contribution is 0.0164. The highest BCUT2D eigenvalue weighted by molar-refractivity contribution is 9.14. The van der Waals surface area contributed by atoms with Crippen LogP contribution in [0, 0.1) is 0 Å². The van der Waals surface area contributed by atoms with Crippen molar-refractivity contribution in [3.8, 4) is 11.5 Å². The molecule has 0 amide bonds. The second kappa shape index (κ2) is 13.2. The second-order valence-corrected chi connectivity index (χ2v) is 12.0. The van der Waals surface area contributed by atoms with Crippen LogP contribution in [0.2, 0.25) is 0 Å². The summed E-state index contributed by atoms with van der Waals surface area (Å²) in [6, 6.07) is 7.90. The summed E-state index contributed by atoms with van der Waals surface area (Å²) in [6.45, 7) is 4.30. The van der Waals surface area contributed by atoms with Crippen LogP contribution in [-0.4, -0.2) is 21.4 Å². The van der Waals surface area contributed by atoms with Gasteiger partial charge in [0.2, 0.25) is 0 Å². The molecule has 0 aliphatic heterocycles. The lowest BCUT2D eigenvalue weighted by Gasteiger charge is -2.31. The molecule has 0 aliphatic carbocycles. The molecular formula is C19H16Br8O4. The summed E-state index contributed by atoms with van der Waals surface area (Å²) >= 11 is 27.9. The van der Waals surface area contributed by atoms with E-state index in [2.05, 4.69) is 141 Å². The number of hydrogen-bond acceptors (Lipinski definition) is 4. The molecule has 4 nitrogen and oxygen atoms in total. The summed E-state index contributed by atoms with van der Waals surface area (Å²) in [5.74, 6) is 1.29. The number of hydrogen-bond donors (Lipinski definition) is 0. The number of alkyl halides is 4. The van der Waals surface area contributed by atoms with Gasteiger partial charge in [-0.1, -0.05) is 57.8 Å². The molecule has 0 heterocycles. The van der Waals surface area contributed by atoms with Crippen LogP contribution < -0.4 is 9.47 Å². The van der Waals surface area contributed by atoms with Crippen molar-refractivity contribution < 1.29 is 18.9 Å². The Bertz CT molecular complexity index is 862. The molecule has 0 saturated carbocycles. The molecule has 0 saturated heterocycles. The molecule has 12 heteroatoms. The van der Waals surface area contributed by atoms with Gasteiger partial charge in [0.15, 0.2) is 5.75 Å². The van der Waals surface area contributed by atoms with Crippen LogP contribution in [-0.2, 0) is 14.9 Å². The molecule has 0 aliphatic rings. The lowest BCUT2D eigenvalue weighted by atomic mass is 9.78. The van der Waals surface area contributed by atoms with E-state index >= 15 is 0 Å². The molecule has 2 aromatic rings. The first-order valence-electron chi connectivity index (χ1n) is 8.48. The number of ether oxygens (including phenoxy) is 4. The maximum Gasteiger partial charge on any atom is 0.258 e. The fraction of sp³-hybridized carbons (Fsp3) is 0.368. The Balaban J connectivity index is 2.42. The minimum atomic E-state index is -0.614. The van der Waals surface area contributed by atoms with Crippen molar-refractivity contribution >= 4 is 127 Å². The third kappa shape index (κ3) is 7.39. The van der Waals surface area contributed by atoms with Crippen molar-refractivity contribution in [3.63, 3.8) is 0 Å². The van der Waals surface area contributed by atoms with E-state index in [1.54, 1.807) is 0 Å². The van der Waals surface area contributed by atoms with E-state index in [1.807, 2.05) is 24.3 Å². The van der Waals surface area contributed by atoms with Gasteiger partial charge in [-0.25, -0.2) is 0 Å². The normalized spacial score (nSPS) is 13.7. The molecular weight excluding hydrogens is 931 g/mol. The van der Waals surface area contributed by atoms with Crippen LogP contribution in [0.25, 0.3) is 0 Å². The van der Waals surface area contributed by atoms with Gasteiger partial charge in [-0.3, -0.25) is 0 Å². The lowest BCUT2D eigenvalue weighted by Crippen LogP contribution is -2.21. The molecule has 172 valence electrons. The fourth-order valence-electron chi connectivity index (χ4n) is 2.72. The van der Waals surface area contributed by atoms with Crippen molar-refractivity contribution in [2.24, 2.45) is 0 Å². The minimum Gasteiger partial charge on any atom is -0.455 e. The monoisotopic (exact) mass is 939 g/mol. The van der Waals surface area contributed by atoms with E-state index in [9.17, 15) is 0 Å². The molecule has 0 spiro atoms. The standard InChI is InChI=1S/C19H16Br8O4/c1-19(2,9-3-5-10(6-4-9)30-17(26)28-7-20)11-12(22)14(24)16(15(25)13(11)23)31-18(27)29-8-21/h3-6,17-18H,7-8H2,1-2H3. The molecule has 0 N–H and O–H groups in total. The summed E-state index contributed by atoms with van der Waals surface area (Å²) in [7, 11) is 0. The predicted molar refractivity (Wildman–Crippen MR) is 152 cm³/mol. The Labute approximate surface area is 248 Å². The van der Waals surface area contributed by atoms with Crippen LogP contribution in [0.4, 0.5) is 0 Å². The Morgan fingerprint density at radius 2 is 1.19 bits per heavy atom. The number of benzene rings is 2. The van der Waals surface area contributed by atoms with Gasteiger partial charge < -0.3 is 18.9 Å². The van der Waals surface area contributed by atoms with Gasteiger partial charge >= 0.3 is 0 Å². The largest absolute Gasteiger partial charge is 0.455 e. The van der Waals surface area contributed by atoms with Crippen molar-refractivity contribution in [3.05, 3.63) is 53.3 Å².